The van der Waals surface area contributed by atoms with Gasteiger partial charge in [-0.3, -0.25) is 9.20 Å². The highest BCUT2D eigenvalue weighted by Crippen LogP contribution is 2.26. The molecule has 1 aliphatic rings. The number of hydrogen-bond acceptors (Lipinski definition) is 6. The lowest BCUT2D eigenvalue weighted by Gasteiger charge is -2.30. The normalized spacial score (nSPS) is 17.5. The summed E-state index contributed by atoms with van der Waals surface area (Å²) in [6.45, 7) is 1.64. The Balaban J connectivity index is 1.81. The highest BCUT2D eigenvalue weighted by atomic mass is 16.1. The minimum absolute atomic E-state index is 0.137. The predicted molar refractivity (Wildman–Crippen MR) is 109 cm³/mol. The lowest BCUT2D eigenvalue weighted by molar-refractivity contribution is 0.0964. The van der Waals surface area contributed by atoms with Gasteiger partial charge < -0.3 is 16.0 Å². The molecule has 142 valence electrons. The Morgan fingerprint density at radius 3 is 2.93 bits per heavy atom. The summed E-state index contributed by atoms with van der Waals surface area (Å²) in [5.41, 5.74) is 9.69. The number of aromatic nitrogens is 4. The van der Waals surface area contributed by atoms with Crippen molar-refractivity contribution < 1.29 is 4.79 Å². The summed E-state index contributed by atoms with van der Waals surface area (Å²) in [4.78, 5) is 28.7. The van der Waals surface area contributed by atoms with Crippen LogP contribution in [-0.2, 0) is 0 Å². The average molecular weight is 375 g/mol. The van der Waals surface area contributed by atoms with E-state index in [0.29, 0.717) is 17.2 Å². The standard InChI is InChI=1S/C20H21N7O/c1-22-19(28)14-9-12-10-23-20(26-8-4-5-13(21)11-26)25-17(12)27-16-7-3-2-6-15(16)24-18(14)27/h2-3,6-7,9-10,13H,4-5,8,11,21H2,1H3,(H,22,28)/t13-/m0/s1. The second-order valence-electron chi connectivity index (χ2n) is 7.19. The summed E-state index contributed by atoms with van der Waals surface area (Å²) < 4.78 is 1.95. The topological polar surface area (TPSA) is 101 Å². The van der Waals surface area contributed by atoms with Crippen LogP contribution in [0.3, 0.4) is 0 Å². The lowest BCUT2D eigenvalue weighted by atomic mass is 10.1. The second-order valence-corrected chi connectivity index (χ2v) is 7.19. The molecule has 1 saturated heterocycles. The number of nitrogens with two attached hydrogens (primary N) is 1. The zero-order chi connectivity index (χ0) is 19.3. The van der Waals surface area contributed by atoms with Gasteiger partial charge in [-0.2, -0.15) is 4.98 Å². The minimum atomic E-state index is -0.187. The summed E-state index contributed by atoms with van der Waals surface area (Å²) >= 11 is 0. The molecule has 1 amide bonds. The summed E-state index contributed by atoms with van der Waals surface area (Å²) in [6.07, 6.45) is 3.83. The van der Waals surface area contributed by atoms with Gasteiger partial charge in [0.05, 0.1) is 16.6 Å². The van der Waals surface area contributed by atoms with Crippen LogP contribution in [0, 0.1) is 0 Å². The van der Waals surface area contributed by atoms with Crippen molar-refractivity contribution in [2.45, 2.75) is 18.9 Å². The van der Waals surface area contributed by atoms with Crippen molar-refractivity contribution in [2.24, 2.45) is 5.73 Å². The Labute approximate surface area is 161 Å². The largest absolute Gasteiger partial charge is 0.355 e. The maximum absolute atomic E-state index is 12.5. The molecular formula is C20H21N7O. The molecule has 3 aromatic heterocycles. The van der Waals surface area contributed by atoms with Crippen LogP contribution in [0.5, 0.6) is 0 Å². The van der Waals surface area contributed by atoms with E-state index >= 15 is 0 Å². The Morgan fingerprint density at radius 2 is 2.11 bits per heavy atom. The number of anilines is 1. The quantitative estimate of drug-likeness (QED) is 0.553. The molecule has 1 atom stereocenters. The molecule has 1 aliphatic heterocycles. The molecule has 1 fully saturated rings. The first-order valence-corrected chi connectivity index (χ1v) is 9.45. The number of fused-ring (bicyclic) bond motifs is 5. The molecule has 0 spiro atoms. The van der Waals surface area contributed by atoms with Crippen molar-refractivity contribution in [1.82, 2.24) is 24.7 Å². The van der Waals surface area contributed by atoms with E-state index in [9.17, 15) is 4.79 Å². The van der Waals surface area contributed by atoms with Crippen molar-refractivity contribution in [3.63, 3.8) is 0 Å². The van der Waals surface area contributed by atoms with Gasteiger partial charge in [-0.15, -0.1) is 0 Å². The van der Waals surface area contributed by atoms with Crippen molar-refractivity contribution in [3.05, 3.63) is 42.1 Å². The first-order valence-electron chi connectivity index (χ1n) is 9.45. The van der Waals surface area contributed by atoms with Gasteiger partial charge in [0.1, 0.15) is 0 Å². The Kier molecular flexibility index (Phi) is 3.87. The molecule has 0 unspecified atom stereocenters. The number of amides is 1. The van der Waals surface area contributed by atoms with Crippen LogP contribution in [0.25, 0.3) is 27.7 Å². The first-order chi connectivity index (χ1) is 13.7. The van der Waals surface area contributed by atoms with E-state index < -0.39 is 0 Å². The van der Waals surface area contributed by atoms with Crippen LogP contribution >= 0.6 is 0 Å². The third kappa shape index (κ3) is 2.56. The Bertz CT molecular complexity index is 1220. The summed E-state index contributed by atoms with van der Waals surface area (Å²) in [6, 6.07) is 9.76. The van der Waals surface area contributed by atoms with Gasteiger partial charge in [0.15, 0.2) is 11.3 Å². The Morgan fingerprint density at radius 1 is 1.25 bits per heavy atom. The highest BCUT2D eigenvalue weighted by Gasteiger charge is 2.22. The maximum atomic E-state index is 12.5. The van der Waals surface area contributed by atoms with Gasteiger partial charge in [0.25, 0.3) is 5.91 Å². The predicted octanol–water partition coefficient (Wildman–Crippen LogP) is 1.72. The molecule has 1 aromatic carbocycles. The molecule has 4 heterocycles. The fraction of sp³-hybridized carbons (Fsp3) is 0.300. The SMILES string of the molecule is CNC(=O)c1cc2cnc(N3CCC[C@H](N)C3)nc2n2c1nc1ccccc12. The molecule has 5 rings (SSSR count). The number of pyridine rings is 1. The van der Waals surface area contributed by atoms with E-state index in [0.717, 1.165) is 48.0 Å². The molecule has 3 N–H and O–H groups in total. The van der Waals surface area contributed by atoms with E-state index in [-0.39, 0.29) is 11.9 Å². The van der Waals surface area contributed by atoms with Crippen molar-refractivity contribution in [1.29, 1.82) is 0 Å². The lowest BCUT2D eigenvalue weighted by Crippen LogP contribution is -2.43. The summed E-state index contributed by atoms with van der Waals surface area (Å²) in [5.74, 6) is 0.475. The van der Waals surface area contributed by atoms with Crippen LogP contribution in [-0.4, -0.2) is 51.4 Å². The van der Waals surface area contributed by atoms with Gasteiger partial charge in [0.2, 0.25) is 5.95 Å². The number of nitrogens with one attached hydrogen (secondary N) is 1. The number of rotatable bonds is 2. The molecule has 8 heteroatoms. The highest BCUT2D eigenvalue weighted by molar-refractivity contribution is 6.05. The molecule has 4 aromatic rings. The number of nitrogens with zero attached hydrogens (tertiary/aromatic N) is 5. The molecule has 0 bridgehead atoms. The molecule has 8 nitrogen and oxygen atoms in total. The zero-order valence-corrected chi connectivity index (χ0v) is 15.6. The third-order valence-electron chi connectivity index (χ3n) is 5.31. The van der Waals surface area contributed by atoms with Gasteiger partial charge >= 0.3 is 0 Å². The van der Waals surface area contributed by atoms with E-state index in [1.54, 1.807) is 19.3 Å². The number of imidazole rings is 1. The number of piperidine rings is 1. The summed E-state index contributed by atoms with van der Waals surface area (Å²) in [7, 11) is 1.62. The number of benzene rings is 1. The molecule has 0 radical (unpaired) electrons. The first kappa shape index (κ1) is 16.9. The van der Waals surface area contributed by atoms with Gasteiger partial charge in [-0.05, 0) is 31.0 Å². The molecule has 0 saturated carbocycles. The number of carbonyl (C=O) groups excluding carboxylic acids is 1. The van der Waals surface area contributed by atoms with Gasteiger partial charge in [-0.1, -0.05) is 12.1 Å². The van der Waals surface area contributed by atoms with Gasteiger partial charge in [-0.25, -0.2) is 9.97 Å². The van der Waals surface area contributed by atoms with E-state index in [1.165, 1.54) is 0 Å². The number of carbonyl (C=O) groups is 1. The van der Waals surface area contributed by atoms with Crippen molar-refractivity contribution in [2.75, 3.05) is 25.0 Å². The monoisotopic (exact) mass is 375 g/mol. The molecule has 28 heavy (non-hydrogen) atoms. The number of para-hydroxylation sites is 2. The van der Waals surface area contributed by atoms with Crippen molar-refractivity contribution in [3.8, 4) is 0 Å². The third-order valence-corrected chi connectivity index (χ3v) is 5.31. The van der Waals surface area contributed by atoms with Crippen LogP contribution in [0.15, 0.2) is 36.5 Å². The smallest absolute Gasteiger partial charge is 0.254 e. The maximum Gasteiger partial charge on any atom is 0.254 e. The molecular weight excluding hydrogens is 354 g/mol. The van der Waals surface area contributed by atoms with E-state index in [2.05, 4.69) is 15.2 Å². The zero-order valence-electron chi connectivity index (χ0n) is 15.6. The van der Waals surface area contributed by atoms with E-state index in [1.807, 2.05) is 28.7 Å². The van der Waals surface area contributed by atoms with Crippen LogP contribution < -0.4 is 16.0 Å². The van der Waals surface area contributed by atoms with Crippen LogP contribution in [0.1, 0.15) is 23.2 Å². The minimum Gasteiger partial charge on any atom is -0.355 e. The summed E-state index contributed by atoms with van der Waals surface area (Å²) in [5, 5.41) is 3.49. The average Bonchev–Trinajstić information content (AvgIpc) is 3.12. The Hall–Kier alpha value is -3.26. The van der Waals surface area contributed by atoms with Gasteiger partial charge in [0, 0.05) is 37.8 Å². The van der Waals surface area contributed by atoms with Crippen LogP contribution in [0.2, 0.25) is 0 Å². The fourth-order valence-corrected chi connectivity index (χ4v) is 3.94. The van der Waals surface area contributed by atoms with E-state index in [4.69, 9.17) is 15.7 Å². The number of hydrogen-bond donors (Lipinski definition) is 2. The van der Waals surface area contributed by atoms with Crippen molar-refractivity contribution >= 4 is 39.6 Å². The van der Waals surface area contributed by atoms with Crippen LogP contribution in [0.4, 0.5) is 5.95 Å². The fourth-order valence-electron chi connectivity index (χ4n) is 3.94. The molecule has 0 aliphatic carbocycles. The second kappa shape index (κ2) is 6.42.